The molecule has 5 heteroatoms. The zero-order valence-electron chi connectivity index (χ0n) is 20.2. The van der Waals surface area contributed by atoms with Crippen LogP contribution in [0.5, 0.6) is 0 Å². The fourth-order valence-corrected chi connectivity index (χ4v) is 6.30. The zero-order chi connectivity index (χ0) is 23.5. The van der Waals surface area contributed by atoms with E-state index in [1.54, 1.807) is 0 Å². The van der Waals surface area contributed by atoms with Crippen LogP contribution < -0.4 is 0 Å². The summed E-state index contributed by atoms with van der Waals surface area (Å²) in [6.07, 6.45) is 7.60. The van der Waals surface area contributed by atoms with Gasteiger partial charge in [-0.05, 0) is 41.5 Å². The third-order valence-corrected chi connectivity index (χ3v) is 7.93. The van der Waals surface area contributed by atoms with Gasteiger partial charge in [0.05, 0.1) is 30.9 Å². The Bertz CT molecular complexity index is 946. The van der Waals surface area contributed by atoms with Gasteiger partial charge in [0, 0.05) is 5.92 Å². The smallest absolute Gasteiger partial charge is 0.410 e. The summed E-state index contributed by atoms with van der Waals surface area (Å²) >= 11 is 0. The third-order valence-electron chi connectivity index (χ3n) is 7.93. The molecule has 34 heavy (non-hydrogen) atoms. The summed E-state index contributed by atoms with van der Waals surface area (Å²) in [5.41, 5.74) is 4.19. The van der Waals surface area contributed by atoms with Crippen molar-refractivity contribution in [1.82, 2.24) is 4.90 Å². The van der Waals surface area contributed by atoms with E-state index in [0.29, 0.717) is 32.7 Å². The number of morpholine rings is 1. The molecule has 1 N–H and O–H groups in total. The van der Waals surface area contributed by atoms with E-state index in [1.165, 1.54) is 41.5 Å². The molecule has 0 aromatic heterocycles. The summed E-state index contributed by atoms with van der Waals surface area (Å²) in [6.45, 7) is 3.48. The molecule has 3 aliphatic rings. The molecule has 5 rings (SSSR count). The summed E-state index contributed by atoms with van der Waals surface area (Å²) in [6, 6.07) is 16.5. The number of nitrogens with zero attached hydrogens (tertiary/aromatic N) is 1. The van der Waals surface area contributed by atoms with Crippen LogP contribution in [-0.4, -0.2) is 53.6 Å². The van der Waals surface area contributed by atoms with Gasteiger partial charge in [-0.2, -0.15) is 0 Å². The van der Waals surface area contributed by atoms with Gasteiger partial charge in [0.25, 0.3) is 0 Å². The van der Waals surface area contributed by atoms with Gasteiger partial charge in [0.1, 0.15) is 6.61 Å². The molecule has 0 radical (unpaired) electrons. The van der Waals surface area contributed by atoms with E-state index in [9.17, 15) is 9.90 Å². The fourth-order valence-electron chi connectivity index (χ4n) is 6.30. The van der Waals surface area contributed by atoms with Crippen molar-refractivity contribution in [3.63, 3.8) is 0 Å². The van der Waals surface area contributed by atoms with Crippen LogP contribution in [0.2, 0.25) is 0 Å². The summed E-state index contributed by atoms with van der Waals surface area (Å²) in [5.74, 6) is 0.0530. The van der Waals surface area contributed by atoms with Crippen LogP contribution in [0.25, 0.3) is 11.1 Å². The minimum absolute atomic E-state index is 0.0530. The number of hydrogen-bond acceptors (Lipinski definition) is 4. The molecule has 0 spiro atoms. The van der Waals surface area contributed by atoms with Crippen molar-refractivity contribution in [2.45, 2.75) is 81.9 Å². The number of fused-ring (bicyclic) bond motifs is 5. The highest BCUT2D eigenvalue weighted by molar-refractivity contribution is 5.79. The Morgan fingerprint density at radius 1 is 0.971 bits per heavy atom. The highest BCUT2D eigenvalue weighted by Crippen LogP contribution is 2.45. The van der Waals surface area contributed by atoms with Crippen LogP contribution in [0.3, 0.4) is 0 Å². The van der Waals surface area contributed by atoms with Crippen LogP contribution in [0.4, 0.5) is 4.79 Å². The predicted octanol–water partition coefficient (Wildman–Crippen LogP) is 5.89. The lowest BCUT2D eigenvalue weighted by molar-refractivity contribution is -0.135. The lowest BCUT2D eigenvalue weighted by Crippen LogP contribution is -2.63. The van der Waals surface area contributed by atoms with E-state index >= 15 is 0 Å². The molecule has 0 saturated carbocycles. The molecule has 2 atom stereocenters. The van der Waals surface area contributed by atoms with Crippen molar-refractivity contribution in [2.75, 3.05) is 19.8 Å². The topological polar surface area (TPSA) is 59.0 Å². The van der Waals surface area contributed by atoms with Crippen LogP contribution in [-0.2, 0) is 9.47 Å². The second-order valence-electron chi connectivity index (χ2n) is 10.4. The van der Waals surface area contributed by atoms with Crippen molar-refractivity contribution in [3.05, 3.63) is 59.7 Å². The monoisotopic (exact) mass is 463 g/mol. The molecule has 1 aliphatic carbocycles. The number of amides is 1. The van der Waals surface area contributed by atoms with Gasteiger partial charge in [-0.15, -0.1) is 0 Å². The number of hydrogen-bond donors (Lipinski definition) is 1. The Balaban J connectivity index is 1.23. The summed E-state index contributed by atoms with van der Waals surface area (Å²) in [4.78, 5) is 15.2. The Kier molecular flexibility index (Phi) is 6.94. The lowest BCUT2D eigenvalue weighted by atomic mass is 9.78. The number of unbranched alkanes of at least 4 members (excludes halogenated alkanes) is 4. The van der Waals surface area contributed by atoms with Gasteiger partial charge in [-0.25, -0.2) is 4.79 Å². The second-order valence-corrected chi connectivity index (χ2v) is 10.4. The predicted molar refractivity (Wildman–Crippen MR) is 133 cm³/mol. The van der Waals surface area contributed by atoms with Crippen molar-refractivity contribution >= 4 is 6.09 Å². The molecular weight excluding hydrogens is 426 g/mol. The van der Waals surface area contributed by atoms with E-state index < -0.39 is 5.60 Å². The number of aliphatic hydroxyl groups is 1. The minimum atomic E-state index is -0.703. The summed E-state index contributed by atoms with van der Waals surface area (Å²) in [7, 11) is 0. The maximum Gasteiger partial charge on any atom is 0.410 e. The van der Waals surface area contributed by atoms with Crippen molar-refractivity contribution in [1.29, 1.82) is 0 Å². The number of carbonyl (C=O) groups excluding carboxylic acids is 1. The molecule has 182 valence electrons. The standard InChI is InChI=1S/C29H37NO4/c1-2-3-4-5-10-15-29(32)16-21-18-33-19-22(17-29)30(21)28(31)34-20-27-25-13-8-6-11-23(25)24-12-7-9-14-26(24)27/h6-9,11-14,21-22,27,32H,2-5,10,15-20H2,1H3. The summed E-state index contributed by atoms with van der Waals surface area (Å²) < 4.78 is 11.7. The molecule has 2 aromatic rings. The number of carbonyl (C=O) groups is 1. The van der Waals surface area contributed by atoms with Crippen LogP contribution >= 0.6 is 0 Å². The van der Waals surface area contributed by atoms with Crippen molar-refractivity contribution < 1.29 is 19.4 Å². The normalized spacial score (nSPS) is 25.6. The van der Waals surface area contributed by atoms with Crippen molar-refractivity contribution in [2.24, 2.45) is 0 Å². The van der Waals surface area contributed by atoms with E-state index in [-0.39, 0.29) is 24.1 Å². The first-order valence-corrected chi connectivity index (χ1v) is 13.0. The maximum atomic E-state index is 13.3. The Morgan fingerprint density at radius 2 is 1.56 bits per heavy atom. The molecular formula is C29H37NO4. The van der Waals surface area contributed by atoms with Gasteiger partial charge in [0.15, 0.2) is 0 Å². The Labute approximate surface area is 203 Å². The van der Waals surface area contributed by atoms with Crippen LogP contribution in [0, 0.1) is 0 Å². The van der Waals surface area contributed by atoms with E-state index in [4.69, 9.17) is 9.47 Å². The zero-order valence-corrected chi connectivity index (χ0v) is 20.2. The number of ether oxygens (including phenoxy) is 2. The van der Waals surface area contributed by atoms with Gasteiger partial charge in [-0.3, -0.25) is 4.90 Å². The third kappa shape index (κ3) is 4.60. The van der Waals surface area contributed by atoms with E-state index in [1.807, 2.05) is 4.90 Å². The molecule has 1 amide bonds. The minimum Gasteiger partial charge on any atom is -0.448 e. The molecule has 2 bridgehead atoms. The van der Waals surface area contributed by atoms with E-state index in [0.717, 1.165) is 19.3 Å². The lowest BCUT2D eigenvalue weighted by Gasteiger charge is -2.51. The molecule has 2 fully saturated rings. The SMILES string of the molecule is CCCCCCCC1(O)CC2COCC(C1)N2C(=O)OCC1c2ccccc2-c2ccccc21. The van der Waals surface area contributed by atoms with E-state index in [2.05, 4.69) is 55.5 Å². The fraction of sp³-hybridized carbons (Fsp3) is 0.552. The van der Waals surface area contributed by atoms with Gasteiger partial charge >= 0.3 is 6.09 Å². The Hall–Kier alpha value is -2.37. The molecule has 5 nitrogen and oxygen atoms in total. The van der Waals surface area contributed by atoms with Crippen LogP contribution in [0.1, 0.15) is 75.3 Å². The highest BCUT2D eigenvalue weighted by atomic mass is 16.6. The number of rotatable bonds is 8. The largest absolute Gasteiger partial charge is 0.448 e. The molecule has 2 saturated heterocycles. The summed E-state index contributed by atoms with van der Waals surface area (Å²) in [5, 5.41) is 11.3. The molecule has 2 aromatic carbocycles. The maximum absolute atomic E-state index is 13.3. The number of piperidine rings is 1. The Morgan fingerprint density at radius 3 is 2.18 bits per heavy atom. The van der Waals surface area contributed by atoms with Crippen molar-refractivity contribution in [3.8, 4) is 11.1 Å². The number of benzene rings is 2. The van der Waals surface area contributed by atoms with Crippen LogP contribution in [0.15, 0.2) is 48.5 Å². The first-order chi connectivity index (χ1) is 16.6. The quantitative estimate of drug-likeness (QED) is 0.496. The first kappa shape index (κ1) is 23.4. The first-order valence-electron chi connectivity index (χ1n) is 13.0. The second kappa shape index (κ2) is 10.1. The molecule has 2 unspecified atom stereocenters. The van der Waals surface area contributed by atoms with Gasteiger partial charge < -0.3 is 14.6 Å². The molecule has 2 aliphatic heterocycles. The van der Waals surface area contributed by atoms with Gasteiger partial charge in [0.2, 0.25) is 0 Å². The average Bonchev–Trinajstić information content (AvgIpc) is 3.15. The average molecular weight is 464 g/mol. The highest BCUT2D eigenvalue weighted by Gasteiger charge is 2.48. The molecule has 2 heterocycles. The van der Waals surface area contributed by atoms with Gasteiger partial charge in [-0.1, -0.05) is 87.6 Å².